The standard InChI is InChI=1S/C22H19N3O4/c1-16(17-11-13-19(14-12-17)18-7-3-2-4-8-18)23-24-22(26)15-29-21-10-6-5-9-20(21)25(27)28/h2-14,23H,1,15H2,(H,24,26). The van der Waals surface area contributed by atoms with Gasteiger partial charge in [-0.25, -0.2) is 0 Å². The van der Waals surface area contributed by atoms with Gasteiger partial charge in [-0.05, 0) is 22.8 Å². The molecule has 0 fully saturated rings. The summed E-state index contributed by atoms with van der Waals surface area (Å²) in [5, 5.41) is 11.0. The predicted molar refractivity (Wildman–Crippen MR) is 111 cm³/mol. The molecule has 3 aromatic rings. The molecule has 0 heterocycles. The summed E-state index contributed by atoms with van der Waals surface area (Å²) in [6.07, 6.45) is 0. The number of hydrazine groups is 1. The Morgan fingerprint density at radius 3 is 2.21 bits per heavy atom. The van der Waals surface area contributed by atoms with Crippen molar-refractivity contribution in [1.29, 1.82) is 0 Å². The van der Waals surface area contributed by atoms with Crippen molar-refractivity contribution in [3.05, 3.63) is 101 Å². The fraction of sp³-hybridized carbons (Fsp3) is 0.0455. The fourth-order valence-electron chi connectivity index (χ4n) is 2.62. The van der Waals surface area contributed by atoms with Crippen LogP contribution in [0.25, 0.3) is 16.8 Å². The zero-order valence-corrected chi connectivity index (χ0v) is 15.5. The molecule has 7 heteroatoms. The second kappa shape index (κ2) is 9.18. The van der Waals surface area contributed by atoms with Gasteiger partial charge in [-0.1, -0.05) is 73.3 Å². The van der Waals surface area contributed by atoms with Crippen molar-refractivity contribution >= 4 is 17.3 Å². The van der Waals surface area contributed by atoms with Crippen LogP contribution in [0.2, 0.25) is 0 Å². The third-order valence-electron chi connectivity index (χ3n) is 4.11. The molecule has 1 amide bonds. The van der Waals surface area contributed by atoms with Crippen molar-refractivity contribution in [3.8, 4) is 16.9 Å². The number of hydrogen-bond donors (Lipinski definition) is 2. The van der Waals surface area contributed by atoms with Gasteiger partial charge in [-0.15, -0.1) is 0 Å². The monoisotopic (exact) mass is 389 g/mol. The number of carbonyl (C=O) groups is 1. The van der Waals surface area contributed by atoms with E-state index in [0.717, 1.165) is 16.7 Å². The third-order valence-corrected chi connectivity index (χ3v) is 4.11. The molecule has 0 spiro atoms. The number of para-hydroxylation sites is 2. The summed E-state index contributed by atoms with van der Waals surface area (Å²) in [5.41, 5.74) is 8.48. The average molecular weight is 389 g/mol. The van der Waals surface area contributed by atoms with Gasteiger partial charge in [0.25, 0.3) is 5.91 Å². The lowest BCUT2D eigenvalue weighted by Gasteiger charge is -2.12. The highest BCUT2D eigenvalue weighted by molar-refractivity contribution is 5.79. The maximum absolute atomic E-state index is 12.0. The van der Waals surface area contributed by atoms with E-state index in [1.165, 1.54) is 18.2 Å². The highest BCUT2D eigenvalue weighted by Gasteiger charge is 2.14. The molecule has 0 atom stereocenters. The topological polar surface area (TPSA) is 93.5 Å². The van der Waals surface area contributed by atoms with Gasteiger partial charge in [0.2, 0.25) is 0 Å². The van der Waals surface area contributed by atoms with Crippen LogP contribution in [0.4, 0.5) is 5.69 Å². The van der Waals surface area contributed by atoms with Crippen molar-refractivity contribution in [2.45, 2.75) is 0 Å². The summed E-state index contributed by atoms with van der Waals surface area (Å²) < 4.78 is 5.24. The van der Waals surface area contributed by atoms with Crippen LogP contribution in [0.1, 0.15) is 5.56 Å². The zero-order valence-electron chi connectivity index (χ0n) is 15.5. The summed E-state index contributed by atoms with van der Waals surface area (Å²) in [5.74, 6) is -0.465. The van der Waals surface area contributed by atoms with Crippen LogP contribution in [0.3, 0.4) is 0 Å². The highest BCUT2D eigenvalue weighted by Crippen LogP contribution is 2.25. The predicted octanol–water partition coefficient (Wildman–Crippen LogP) is 3.93. The molecular formula is C22H19N3O4. The molecule has 0 saturated carbocycles. The zero-order chi connectivity index (χ0) is 20.6. The van der Waals surface area contributed by atoms with Gasteiger partial charge in [0.05, 0.1) is 10.6 Å². The smallest absolute Gasteiger partial charge is 0.310 e. The number of nitrogens with zero attached hydrogens (tertiary/aromatic N) is 1. The molecule has 0 unspecified atom stereocenters. The van der Waals surface area contributed by atoms with Crippen molar-refractivity contribution in [2.24, 2.45) is 0 Å². The second-order valence-corrected chi connectivity index (χ2v) is 6.11. The average Bonchev–Trinajstić information content (AvgIpc) is 2.77. The molecule has 0 aromatic heterocycles. The van der Waals surface area contributed by atoms with Crippen LogP contribution < -0.4 is 15.6 Å². The summed E-state index contributed by atoms with van der Waals surface area (Å²) >= 11 is 0. The molecule has 0 aliphatic carbocycles. The first-order valence-corrected chi connectivity index (χ1v) is 8.80. The van der Waals surface area contributed by atoms with Gasteiger partial charge in [-0.2, -0.15) is 0 Å². The van der Waals surface area contributed by atoms with Gasteiger partial charge >= 0.3 is 5.69 Å². The minimum Gasteiger partial charge on any atom is -0.477 e. The van der Waals surface area contributed by atoms with E-state index in [1.54, 1.807) is 6.07 Å². The Morgan fingerprint density at radius 2 is 1.52 bits per heavy atom. The SMILES string of the molecule is C=C(NNC(=O)COc1ccccc1[N+](=O)[O-])c1ccc(-c2ccccc2)cc1. The van der Waals surface area contributed by atoms with Crippen molar-refractivity contribution in [2.75, 3.05) is 6.61 Å². The number of carbonyl (C=O) groups excluding carboxylic acids is 1. The van der Waals surface area contributed by atoms with E-state index in [-0.39, 0.29) is 18.0 Å². The summed E-state index contributed by atoms with van der Waals surface area (Å²) in [4.78, 5) is 22.4. The van der Waals surface area contributed by atoms with Crippen molar-refractivity contribution in [1.82, 2.24) is 10.9 Å². The van der Waals surface area contributed by atoms with E-state index in [9.17, 15) is 14.9 Å². The minimum atomic E-state index is -0.563. The van der Waals surface area contributed by atoms with Gasteiger partial charge in [0.15, 0.2) is 12.4 Å². The lowest BCUT2D eigenvalue weighted by molar-refractivity contribution is -0.385. The van der Waals surface area contributed by atoms with Crippen LogP contribution in [-0.4, -0.2) is 17.4 Å². The van der Waals surface area contributed by atoms with Crippen molar-refractivity contribution < 1.29 is 14.5 Å². The Balaban J connectivity index is 1.51. The fourth-order valence-corrected chi connectivity index (χ4v) is 2.62. The molecule has 29 heavy (non-hydrogen) atoms. The van der Waals surface area contributed by atoms with Crippen LogP contribution in [0, 0.1) is 10.1 Å². The Hall–Kier alpha value is -4.13. The van der Waals surface area contributed by atoms with E-state index in [0.29, 0.717) is 5.70 Å². The van der Waals surface area contributed by atoms with Crippen LogP contribution in [0.5, 0.6) is 5.75 Å². The first kappa shape index (κ1) is 19.6. The van der Waals surface area contributed by atoms with Crippen molar-refractivity contribution in [3.63, 3.8) is 0 Å². The van der Waals surface area contributed by atoms with E-state index >= 15 is 0 Å². The van der Waals surface area contributed by atoms with E-state index in [2.05, 4.69) is 17.4 Å². The second-order valence-electron chi connectivity index (χ2n) is 6.11. The number of hydrogen-bond acceptors (Lipinski definition) is 5. The van der Waals surface area contributed by atoms with Gasteiger partial charge in [-0.3, -0.25) is 25.8 Å². The molecule has 146 valence electrons. The maximum atomic E-state index is 12.0. The normalized spacial score (nSPS) is 10.1. The molecular weight excluding hydrogens is 370 g/mol. The summed E-state index contributed by atoms with van der Waals surface area (Å²) in [6, 6.07) is 23.6. The summed E-state index contributed by atoms with van der Waals surface area (Å²) in [7, 11) is 0. The molecule has 0 saturated heterocycles. The molecule has 0 aliphatic rings. The highest BCUT2D eigenvalue weighted by atomic mass is 16.6. The largest absolute Gasteiger partial charge is 0.477 e. The molecule has 3 aromatic carbocycles. The van der Waals surface area contributed by atoms with Crippen LogP contribution in [0.15, 0.2) is 85.4 Å². The lowest BCUT2D eigenvalue weighted by atomic mass is 10.0. The van der Waals surface area contributed by atoms with Gasteiger partial charge in [0, 0.05) is 6.07 Å². The molecule has 7 nitrogen and oxygen atoms in total. The molecule has 3 rings (SSSR count). The van der Waals surface area contributed by atoms with Crippen LogP contribution >= 0.6 is 0 Å². The van der Waals surface area contributed by atoms with E-state index in [4.69, 9.17) is 4.74 Å². The Bertz CT molecular complexity index is 1020. The molecule has 0 radical (unpaired) electrons. The Morgan fingerprint density at radius 1 is 0.897 bits per heavy atom. The van der Waals surface area contributed by atoms with Crippen LogP contribution in [-0.2, 0) is 4.79 Å². The Kier molecular flexibility index (Phi) is 6.22. The molecule has 2 N–H and O–H groups in total. The number of rotatable bonds is 8. The number of nitro benzene ring substituents is 1. The number of benzene rings is 3. The van der Waals surface area contributed by atoms with Gasteiger partial charge in [0.1, 0.15) is 0 Å². The third kappa shape index (κ3) is 5.20. The van der Waals surface area contributed by atoms with Gasteiger partial charge < -0.3 is 4.74 Å². The summed E-state index contributed by atoms with van der Waals surface area (Å²) in [6.45, 7) is 3.52. The first-order chi connectivity index (χ1) is 14.0. The minimum absolute atomic E-state index is 0.0305. The number of amides is 1. The quantitative estimate of drug-likeness (QED) is 0.450. The first-order valence-electron chi connectivity index (χ1n) is 8.80. The number of nitro groups is 1. The van der Waals surface area contributed by atoms with E-state index < -0.39 is 10.8 Å². The molecule has 0 bridgehead atoms. The molecule has 0 aliphatic heterocycles. The maximum Gasteiger partial charge on any atom is 0.310 e. The Labute approximate surface area is 167 Å². The lowest BCUT2D eigenvalue weighted by Crippen LogP contribution is -2.39. The number of ether oxygens (including phenoxy) is 1. The number of nitrogens with one attached hydrogen (secondary N) is 2. The van der Waals surface area contributed by atoms with E-state index in [1.807, 2.05) is 54.6 Å².